The standard InChI is InChI=1S/C11H13N3S/c1-8-10(4-3-5-13-8)14-9(2)11-6-12-7-15-11/h3-7,9,14H,1-2H3. The number of pyridine rings is 1. The number of aryl methyl sites for hydroxylation is 1. The minimum Gasteiger partial charge on any atom is -0.376 e. The predicted molar refractivity (Wildman–Crippen MR) is 63.1 cm³/mol. The van der Waals surface area contributed by atoms with E-state index in [9.17, 15) is 0 Å². The molecule has 0 radical (unpaired) electrons. The van der Waals surface area contributed by atoms with Crippen molar-refractivity contribution in [1.82, 2.24) is 9.97 Å². The van der Waals surface area contributed by atoms with Crippen LogP contribution in [-0.4, -0.2) is 9.97 Å². The molecule has 3 nitrogen and oxygen atoms in total. The lowest BCUT2D eigenvalue weighted by atomic mass is 10.2. The van der Waals surface area contributed by atoms with Gasteiger partial charge in [-0.25, -0.2) is 0 Å². The Bertz CT molecular complexity index is 425. The van der Waals surface area contributed by atoms with Gasteiger partial charge in [-0.2, -0.15) is 0 Å². The van der Waals surface area contributed by atoms with Gasteiger partial charge in [-0.1, -0.05) is 0 Å². The van der Waals surface area contributed by atoms with Crippen molar-refractivity contribution in [2.75, 3.05) is 5.32 Å². The van der Waals surface area contributed by atoms with Crippen LogP contribution in [0.3, 0.4) is 0 Å². The number of nitrogens with zero attached hydrogens (tertiary/aromatic N) is 2. The smallest absolute Gasteiger partial charge is 0.0795 e. The second-order valence-corrected chi connectivity index (χ2v) is 4.32. The van der Waals surface area contributed by atoms with Crippen LogP contribution in [0.15, 0.2) is 30.0 Å². The number of rotatable bonds is 3. The average Bonchev–Trinajstić information content (AvgIpc) is 2.74. The van der Waals surface area contributed by atoms with Crippen molar-refractivity contribution >= 4 is 17.0 Å². The van der Waals surface area contributed by atoms with Crippen molar-refractivity contribution in [2.45, 2.75) is 19.9 Å². The van der Waals surface area contributed by atoms with E-state index in [1.807, 2.05) is 30.8 Å². The lowest BCUT2D eigenvalue weighted by Crippen LogP contribution is -2.06. The van der Waals surface area contributed by atoms with E-state index >= 15 is 0 Å². The maximum absolute atomic E-state index is 4.24. The van der Waals surface area contributed by atoms with Crippen molar-refractivity contribution < 1.29 is 0 Å². The van der Waals surface area contributed by atoms with E-state index in [2.05, 4.69) is 22.2 Å². The molecule has 4 heteroatoms. The Morgan fingerprint density at radius 2 is 2.33 bits per heavy atom. The van der Waals surface area contributed by atoms with Crippen molar-refractivity contribution in [3.63, 3.8) is 0 Å². The monoisotopic (exact) mass is 219 g/mol. The minimum absolute atomic E-state index is 0.278. The highest BCUT2D eigenvalue weighted by Gasteiger charge is 2.07. The normalized spacial score (nSPS) is 12.4. The Hall–Kier alpha value is -1.42. The summed E-state index contributed by atoms with van der Waals surface area (Å²) in [6.45, 7) is 4.13. The van der Waals surface area contributed by atoms with Gasteiger partial charge in [0, 0.05) is 17.3 Å². The molecule has 0 aliphatic carbocycles. The molecule has 0 aromatic carbocycles. The van der Waals surface area contributed by atoms with Crippen LogP contribution in [0.25, 0.3) is 0 Å². The lowest BCUT2D eigenvalue weighted by Gasteiger charge is -2.14. The van der Waals surface area contributed by atoms with Crippen molar-refractivity contribution in [2.24, 2.45) is 0 Å². The molecule has 0 aliphatic heterocycles. The summed E-state index contributed by atoms with van der Waals surface area (Å²) in [7, 11) is 0. The molecule has 2 aromatic rings. The van der Waals surface area contributed by atoms with Crippen LogP contribution in [0.4, 0.5) is 5.69 Å². The van der Waals surface area contributed by atoms with Crippen LogP contribution in [0.1, 0.15) is 23.5 Å². The van der Waals surface area contributed by atoms with Crippen LogP contribution in [0, 0.1) is 6.92 Å². The van der Waals surface area contributed by atoms with E-state index in [1.165, 1.54) is 4.88 Å². The molecule has 0 amide bonds. The Labute approximate surface area is 93.2 Å². The van der Waals surface area contributed by atoms with Gasteiger partial charge in [0.25, 0.3) is 0 Å². The highest BCUT2D eigenvalue weighted by atomic mass is 32.1. The van der Waals surface area contributed by atoms with E-state index in [0.717, 1.165) is 11.4 Å². The predicted octanol–water partition coefficient (Wildman–Crippen LogP) is 3.02. The molecule has 2 aromatic heterocycles. The first kappa shape index (κ1) is 10.1. The van der Waals surface area contributed by atoms with Crippen molar-refractivity contribution in [1.29, 1.82) is 0 Å². The molecule has 1 N–H and O–H groups in total. The molecule has 2 heterocycles. The third-order valence-corrected chi connectivity index (χ3v) is 3.22. The van der Waals surface area contributed by atoms with E-state index in [1.54, 1.807) is 17.5 Å². The van der Waals surface area contributed by atoms with Gasteiger partial charge in [-0.05, 0) is 26.0 Å². The van der Waals surface area contributed by atoms with E-state index in [4.69, 9.17) is 0 Å². The minimum atomic E-state index is 0.278. The quantitative estimate of drug-likeness (QED) is 0.862. The maximum Gasteiger partial charge on any atom is 0.0795 e. The van der Waals surface area contributed by atoms with Gasteiger partial charge in [0.1, 0.15) is 0 Å². The van der Waals surface area contributed by atoms with Gasteiger partial charge in [-0.15, -0.1) is 11.3 Å². The third-order valence-electron chi connectivity index (χ3n) is 2.26. The molecule has 78 valence electrons. The first-order chi connectivity index (χ1) is 7.27. The molecule has 0 bridgehead atoms. The number of thiazole rings is 1. The fourth-order valence-electron chi connectivity index (χ4n) is 1.38. The van der Waals surface area contributed by atoms with Gasteiger partial charge in [0.05, 0.1) is 22.9 Å². The molecule has 0 aliphatic rings. The summed E-state index contributed by atoms with van der Waals surface area (Å²) in [4.78, 5) is 9.54. The van der Waals surface area contributed by atoms with Gasteiger partial charge in [0.15, 0.2) is 0 Å². The summed E-state index contributed by atoms with van der Waals surface area (Å²) >= 11 is 1.66. The van der Waals surface area contributed by atoms with Crippen molar-refractivity contribution in [3.05, 3.63) is 40.6 Å². The van der Waals surface area contributed by atoms with Gasteiger partial charge >= 0.3 is 0 Å². The Morgan fingerprint density at radius 3 is 3.00 bits per heavy atom. The number of nitrogens with one attached hydrogen (secondary N) is 1. The molecular formula is C11H13N3S. The van der Waals surface area contributed by atoms with Gasteiger partial charge < -0.3 is 5.32 Å². The molecule has 15 heavy (non-hydrogen) atoms. The zero-order valence-electron chi connectivity index (χ0n) is 8.77. The second-order valence-electron chi connectivity index (χ2n) is 3.41. The second kappa shape index (κ2) is 4.40. The third kappa shape index (κ3) is 2.33. The largest absolute Gasteiger partial charge is 0.376 e. The van der Waals surface area contributed by atoms with Crippen LogP contribution in [0.5, 0.6) is 0 Å². The number of anilines is 1. The van der Waals surface area contributed by atoms with Crippen LogP contribution >= 0.6 is 11.3 Å². The SMILES string of the molecule is Cc1ncccc1NC(C)c1cncs1. The lowest BCUT2D eigenvalue weighted by molar-refractivity contribution is 0.897. The maximum atomic E-state index is 4.24. The van der Waals surface area contributed by atoms with Gasteiger partial charge in [-0.3, -0.25) is 9.97 Å². The van der Waals surface area contributed by atoms with E-state index in [-0.39, 0.29) is 6.04 Å². The first-order valence-electron chi connectivity index (χ1n) is 4.84. The highest BCUT2D eigenvalue weighted by Crippen LogP contribution is 2.22. The zero-order chi connectivity index (χ0) is 10.7. The van der Waals surface area contributed by atoms with E-state index < -0.39 is 0 Å². The molecule has 0 spiro atoms. The Balaban J connectivity index is 2.13. The molecule has 0 saturated carbocycles. The van der Waals surface area contributed by atoms with E-state index in [0.29, 0.717) is 0 Å². The molecule has 0 fully saturated rings. The Morgan fingerprint density at radius 1 is 1.47 bits per heavy atom. The summed E-state index contributed by atoms with van der Waals surface area (Å²) in [6, 6.07) is 4.26. The summed E-state index contributed by atoms with van der Waals surface area (Å²) < 4.78 is 0. The van der Waals surface area contributed by atoms with Crippen LogP contribution in [-0.2, 0) is 0 Å². The molecule has 1 unspecified atom stereocenters. The molecular weight excluding hydrogens is 206 g/mol. The summed E-state index contributed by atoms with van der Waals surface area (Å²) in [5, 5.41) is 3.42. The highest BCUT2D eigenvalue weighted by molar-refractivity contribution is 7.09. The fraction of sp³-hybridized carbons (Fsp3) is 0.273. The Kier molecular flexibility index (Phi) is 2.97. The summed E-state index contributed by atoms with van der Waals surface area (Å²) in [6.07, 6.45) is 3.70. The molecule has 2 rings (SSSR count). The fourth-order valence-corrected chi connectivity index (χ4v) is 2.01. The summed E-state index contributed by atoms with van der Waals surface area (Å²) in [5.74, 6) is 0. The van der Waals surface area contributed by atoms with Crippen LogP contribution < -0.4 is 5.32 Å². The number of hydrogen-bond donors (Lipinski definition) is 1. The molecule has 1 atom stereocenters. The van der Waals surface area contributed by atoms with Crippen LogP contribution in [0.2, 0.25) is 0 Å². The number of hydrogen-bond acceptors (Lipinski definition) is 4. The number of aromatic nitrogens is 2. The van der Waals surface area contributed by atoms with Crippen molar-refractivity contribution in [3.8, 4) is 0 Å². The first-order valence-corrected chi connectivity index (χ1v) is 5.72. The zero-order valence-corrected chi connectivity index (χ0v) is 9.58. The van der Waals surface area contributed by atoms with Gasteiger partial charge in [0.2, 0.25) is 0 Å². The average molecular weight is 219 g/mol. The topological polar surface area (TPSA) is 37.8 Å². The molecule has 0 saturated heterocycles. The summed E-state index contributed by atoms with van der Waals surface area (Å²) in [5.41, 5.74) is 3.95.